The molecule has 0 saturated carbocycles. The zero-order valence-electron chi connectivity index (χ0n) is 14.5. The smallest absolute Gasteiger partial charge is 0.252 e. The molecular weight excluding hydrogens is 364 g/mol. The Labute approximate surface area is 161 Å². The highest BCUT2D eigenvalue weighted by atomic mass is 32.2. The van der Waals surface area contributed by atoms with Crippen LogP contribution in [-0.4, -0.2) is 23.4 Å². The first-order chi connectivity index (χ1) is 12.7. The molecule has 0 fully saturated rings. The summed E-state index contributed by atoms with van der Waals surface area (Å²) in [6, 6.07) is 19.7. The van der Waals surface area contributed by atoms with Gasteiger partial charge in [-0.2, -0.15) is 0 Å². The van der Waals surface area contributed by atoms with E-state index in [0.29, 0.717) is 17.9 Å². The summed E-state index contributed by atoms with van der Waals surface area (Å²) in [5.74, 6) is 2.25. The third-order valence-corrected chi connectivity index (χ3v) is 5.69. The van der Waals surface area contributed by atoms with E-state index in [1.165, 1.54) is 4.90 Å². The molecule has 0 atom stereocenters. The Balaban J connectivity index is 1.52. The van der Waals surface area contributed by atoms with Crippen LogP contribution in [0.15, 0.2) is 75.0 Å². The SMILES string of the molecule is Cc1cc(CSc2ccccc2C(=O)NCCSc2ccccc2)on1. The number of carbonyl (C=O) groups excluding carboxylic acids is 1. The van der Waals surface area contributed by atoms with Gasteiger partial charge < -0.3 is 9.84 Å². The molecule has 0 spiro atoms. The van der Waals surface area contributed by atoms with Crippen molar-refractivity contribution in [2.75, 3.05) is 12.3 Å². The second-order valence-electron chi connectivity index (χ2n) is 5.64. The van der Waals surface area contributed by atoms with Crippen LogP contribution in [0.25, 0.3) is 0 Å². The van der Waals surface area contributed by atoms with E-state index in [4.69, 9.17) is 4.52 Å². The number of nitrogens with zero attached hydrogens (tertiary/aromatic N) is 1. The van der Waals surface area contributed by atoms with Crippen molar-refractivity contribution in [2.45, 2.75) is 22.5 Å². The van der Waals surface area contributed by atoms with E-state index in [1.54, 1.807) is 23.5 Å². The molecule has 1 amide bonds. The second kappa shape index (κ2) is 9.50. The van der Waals surface area contributed by atoms with E-state index >= 15 is 0 Å². The topological polar surface area (TPSA) is 55.1 Å². The summed E-state index contributed by atoms with van der Waals surface area (Å²) in [5.41, 5.74) is 1.56. The lowest BCUT2D eigenvalue weighted by molar-refractivity contribution is 0.0953. The molecule has 1 aromatic heterocycles. The molecule has 0 saturated heterocycles. The van der Waals surface area contributed by atoms with Gasteiger partial charge in [0, 0.05) is 28.2 Å². The summed E-state index contributed by atoms with van der Waals surface area (Å²) in [6.45, 7) is 2.52. The highest BCUT2D eigenvalue weighted by Gasteiger charge is 2.12. The van der Waals surface area contributed by atoms with Crippen molar-refractivity contribution in [3.05, 3.63) is 77.7 Å². The number of amides is 1. The number of rotatable bonds is 8. The number of nitrogens with one attached hydrogen (secondary N) is 1. The van der Waals surface area contributed by atoms with Crippen LogP contribution in [-0.2, 0) is 5.75 Å². The molecule has 26 heavy (non-hydrogen) atoms. The summed E-state index contributed by atoms with van der Waals surface area (Å²) >= 11 is 3.31. The van der Waals surface area contributed by atoms with Crippen LogP contribution in [0, 0.1) is 6.92 Å². The quantitative estimate of drug-likeness (QED) is 0.447. The van der Waals surface area contributed by atoms with Gasteiger partial charge in [-0.3, -0.25) is 4.79 Å². The van der Waals surface area contributed by atoms with Gasteiger partial charge in [-0.15, -0.1) is 23.5 Å². The molecule has 4 nitrogen and oxygen atoms in total. The van der Waals surface area contributed by atoms with Crippen molar-refractivity contribution < 1.29 is 9.32 Å². The van der Waals surface area contributed by atoms with Crippen LogP contribution < -0.4 is 5.32 Å². The maximum absolute atomic E-state index is 12.5. The first kappa shape index (κ1) is 18.6. The van der Waals surface area contributed by atoms with E-state index in [9.17, 15) is 4.79 Å². The van der Waals surface area contributed by atoms with Gasteiger partial charge in [-0.1, -0.05) is 35.5 Å². The van der Waals surface area contributed by atoms with Crippen LogP contribution in [0.1, 0.15) is 21.8 Å². The third kappa shape index (κ3) is 5.41. The minimum absolute atomic E-state index is 0.0458. The van der Waals surface area contributed by atoms with Crippen molar-refractivity contribution in [3.8, 4) is 0 Å². The molecule has 2 aromatic carbocycles. The van der Waals surface area contributed by atoms with Gasteiger partial charge in [0.2, 0.25) is 0 Å². The van der Waals surface area contributed by atoms with Gasteiger partial charge in [0.25, 0.3) is 5.91 Å². The van der Waals surface area contributed by atoms with Crippen molar-refractivity contribution >= 4 is 29.4 Å². The van der Waals surface area contributed by atoms with E-state index in [0.717, 1.165) is 22.1 Å². The Bertz CT molecular complexity index is 850. The number of aromatic nitrogens is 1. The molecule has 0 aliphatic carbocycles. The molecule has 6 heteroatoms. The molecule has 0 radical (unpaired) electrons. The van der Waals surface area contributed by atoms with Crippen molar-refractivity contribution in [3.63, 3.8) is 0 Å². The number of hydrogen-bond acceptors (Lipinski definition) is 5. The largest absolute Gasteiger partial charge is 0.360 e. The van der Waals surface area contributed by atoms with Gasteiger partial charge in [0.05, 0.1) is 17.0 Å². The molecule has 134 valence electrons. The van der Waals surface area contributed by atoms with Crippen LogP contribution in [0.3, 0.4) is 0 Å². The summed E-state index contributed by atoms with van der Waals surface area (Å²) < 4.78 is 5.23. The Morgan fingerprint density at radius 3 is 2.62 bits per heavy atom. The fourth-order valence-electron chi connectivity index (χ4n) is 2.36. The fraction of sp³-hybridized carbons (Fsp3) is 0.200. The molecule has 3 aromatic rings. The first-order valence-corrected chi connectivity index (χ1v) is 10.3. The third-order valence-electron chi connectivity index (χ3n) is 3.58. The highest BCUT2D eigenvalue weighted by Crippen LogP contribution is 2.26. The Morgan fingerprint density at radius 1 is 1.08 bits per heavy atom. The molecule has 1 heterocycles. The van der Waals surface area contributed by atoms with Gasteiger partial charge in [-0.05, 0) is 31.2 Å². The lowest BCUT2D eigenvalue weighted by Gasteiger charge is -2.09. The molecule has 0 unspecified atom stereocenters. The summed E-state index contributed by atoms with van der Waals surface area (Å²) in [6.07, 6.45) is 0. The predicted molar refractivity (Wildman–Crippen MR) is 107 cm³/mol. The molecule has 3 rings (SSSR count). The van der Waals surface area contributed by atoms with Crippen LogP contribution in [0.4, 0.5) is 0 Å². The minimum atomic E-state index is -0.0458. The number of aryl methyl sites for hydroxylation is 1. The first-order valence-electron chi connectivity index (χ1n) is 8.32. The maximum Gasteiger partial charge on any atom is 0.252 e. The lowest BCUT2D eigenvalue weighted by Crippen LogP contribution is -2.26. The van der Waals surface area contributed by atoms with Gasteiger partial charge in [0.15, 0.2) is 0 Å². The molecular formula is C20H20N2O2S2. The molecule has 1 N–H and O–H groups in total. The monoisotopic (exact) mass is 384 g/mol. The maximum atomic E-state index is 12.5. The van der Waals surface area contributed by atoms with E-state index in [2.05, 4.69) is 22.6 Å². The van der Waals surface area contributed by atoms with Gasteiger partial charge in [-0.25, -0.2) is 0 Å². The Hall–Kier alpha value is -2.18. The Morgan fingerprint density at radius 2 is 1.85 bits per heavy atom. The van der Waals surface area contributed by atoms with Crippen LogP contribution in [0.2, 0.25) is 0 Å². The highest BCUT2D eigenvalue weighted by molar-refractivity contribution is 7.99. The van der Waals surface area contributed by atoms with Crippen LogP contribution >= 0.6 is 23.5 Å². The van der Waals surface area contributed by atoms with E-state index in [-0.39, 0.29) is 5.91 Å². The zero-order chi connectivity index (χ0) is 18.2. The molecule has 0 aliphatic heterocycles. The van der Waals surface area contributed by atoms with E-state index < -0.39 is 0 Å². The molecule has 0 bridgehead atoms. The molecule has 0 aliphatic rings. The lowest BCUT2D eigenvalue weighted by atomic mass is 10.2. The van der Waals surface area contributed by atoms with Gasteiger partial charge in [0.1, 0.15) is 5.76 Å². The number of thioether (sulfide) groups is 2. The minimum Gasteiger partial charge on any atom is -0.360 e. The average molecular weight is 385 g/mol. The normalized spacial score (nSPS) is 10.7. The summed E-state index contributed by atoms with van der Waals surface area (Å²) in [7, 11) is 0. The number of hydrogen-bond donors (Lipinski definition) is 1. The van der Waals surface area contributed by atoms with Crippen molar-refractivity contribution in [2.24, 2.45) is 0 Å². The number of carbonyl (C=O) groups is 1. The predicted octanol–water partition coefficient (Wildman–Crippen LogP) is 4.80. The van der Waals surface area contributed by atoms with Crippen molar-refractivity contribution in [1.82, 2.24) is 10.5 Å². The van der Waals surface area contributed by atoms with Crippen LogP contribution in [0.5, 0.6) is 0 Å². The standard InChI is InChI=1S/C20H20N2O2S2/c1-15-13-16(24-22-15)14-26-19-10-6-5-9-18(19)20(23)21-11-12-25-17-7-3-2-4-8-17/h2-10,13H,11-12,14H2,1H3,(H,21,23). The summed E-state index contributed by atoms with van der Waals surface area (Å²) in [5, 5.41) is 6.89. The Kier molecular flexibility index (Phi) is 6.80. The summed E-state index contributed by atoms with van der Waals surface area (Å²) in [4.78, 5) is 14.7. The van der Waals surface area contributed by atoms with E-state index in [1.807, 2.05) is 55.5 Å². The average Bonchev–Trinajstić information content (AvgIpc) is 3.10. The zero-order valence-corrected chi connectivity index (χ0v) is 16.1. The number of benzene rings is 2. The second-order valence-corrected chi connectivity index (χ2v) is 7.82. The van der Waals surface area contributed by atoms with Gasteiger partial charge >= 0.3 is 0 Å². The fourth-order valence-corrected chi connectivity index (χ4v) is 4.07. The van der Waals surface area contributed by atoms with Crippen molar-refractivity contribution in [1.29, 1.82) is 0 Å².